The van der Waals surface area contributed by atoms with E-state index >= 15 is 0 Å². The first-order chi connectivity index (χ1) is 14.8. The van der Waals surface area contributed by atoms with Crippen molar-refractivity contribution in [3.05, 3.63) is 120 Å². The van der Waals surface area contributed by atoms with Gasteiger partial charge in [-0.25, -0.2) is 4.85 Å². The Kier molecular flexibility index (Phi) is 6.20. The zero-order valence-electron chi connectivity index (χ0n) is 16.0. The van der Waals surface area contributed by atoms with Gasteiger partial charge < -0.3 is 0 Å². The first kappa shape index (κ1) is 19.9. The van der Waals surface area contributed by atoms with Crippen LogP contribution in [0.1, 0.15) is 5.56 Å². The summed E-state index contributed by atoms with van der Waals surface area (Å²) in [6, 6.07) is 36.7. The molecule has 0 bridgehead atoms. The molecule has 142 valence electrons. The lowest BCUT2D eigenvalue weighted by Crippen LogP contribution is -2.06. The Morgan fingerprint density at radius 2 is 1.33 bits per heavy atom. The van der Waals surface area contributed by atoms with Gasteiger partial charge in [0.2, 0.25) is 0 Å². The average Bonchev–Trinajstić information content (AvgIpc) is 2.82. The topological polar surface area (TPSA) is 28.1 Å². The van der Waals surface area contributed by atoms with Crippen LogP contribution in [0.3, 0.4) is 0 Å². The summed E-state index contributed by atoms with van der Waals surface area (Å²) in [7, 11) is -0.353. The summed E-state index contributed by atoms with van der Waals surface area (Å²) < 4.78 is 0. The van der Waals surface area contributed by atoms with E-state index in [4.69, 9.17) is 6.57 Å². The number of benzene rings is 4. The zero-order chi connectivity index (χ0) is 20.8. The maximum absolute atomic E-state index is 9.19. The van der Waals surface area contributed by atoms with E-state index in [9.17, 15) is 5.26 Å². The van der Waals surface area contributed by atoms with Crippen molar-refractivity contribution >= 4 is 28.3 Å². The molecule has 0 spiro atoms. The fourth-order valence-electron chi connectivity index (χ4n) is 3.03. The summed E-state index contributed by atoms with van der Waals surface area (Å²) in [5.41, 5.74) is 1.28. The smallest absolute Gasteiger partial charge is 0.187 e. The van der Waals surface area contributed by atoms with Gasteiger partial charge in [-0.05, 0) is 60.7 Å². The molecular weight excluding hydrogens is 404 g/mol. The van der Waals surface area contributed by atoms with Crippen LogP contribution in [-0.4, -0.2) is 0 Å². The number of nitriles is 1. The molecule has 2 nitrogen and oxygen atoms in total. The molecule has 0 aliphatic heterocycles. The molecule has 4 heteroatoms. The lowest BCUT2D eigenvalue weighted by molar-refractivity contribution is 1.20. The number of hydrogen-bond acceptors (Lipinski definition) is 2. The summed E-state index contributed by atoms with van der Waals surface area (Å²) in [6.45, 7) is 7.25. The van der Waals surface area contributed by atoms with Gasteiger partial charge in [0.25, 0.3) is 0 Å². The van der Waals surface area contributed by atoms with E-state index in [-0.39, 0.29) is 10.9 Å². The maximum Gasteiger partial charge on any atom is 0.187 e. The summed E-state index contributed by atoms with van der Waals surface area (Å²) >= 11 is 1.75. The number of hydrogen-bond donors (Lipinski definition) is 0. The molecule has 0 radical (unpaired) electrons. The van der Waals surface area contributed by atoms with Crippen LogP contribution in [0.2, 0.25) is 0 Å². The van der Waals surface area contributed by atoms with Crippen LogP contribution in [0.15, 0.2) is 128 Å². The van der Waals surface area contributed by atoms with Crippen LogP contribution < -0.4 is 0 Å². The molecule has 0 heterocycles. The van der Waals surface area contributed by atoms with Crippen molar-refractivity contribution in [2.45, 2.75) is 24.5 Å². The first-order valence-electron chi connectivity index (χ1n) is 9.32. The molecule has 1 unspecified atom stereocenters. The highest BCUT2D eigenvalue weighted by atomic mass is 32.2. The zero-order valence-corrected chi connectivity index (χ0v) is 17.7. The van der Waals surface area contributed by atoms with Crippen LogP contribution in [0, 0.1) is 17.9 Å². The minimum atomic E-state index is -0.353. The molecule has 1 atom stereocenters. The van der Waals surface area contributed by atoms with Gasteiger partial charge in [-0.3, -0.25) is 0 Å². The second-order valence-corrected chi connectivity index (χ2v) is 9.52. The van der Waals surface area contributed by atoms with Gasteiger partial charge >= 0.3 is 0 Å². The fraction of sp³-hybridized carbons (Fsp3) is 0. The van der Waals surface area contributed by atoms with Crippen LogP contribution in [0.25, 0.3) is 4.85 Å². The third-order valence-corrected chi connectivity index (χ3v) is 7.96. The molecule has 30 heavy (non-hydrogen) atoms. The molecule has 0 N–H and O–H groups in total. The second kappa shape index (κ2) is 9.37. The summed E-state index contributed by atoms with van der Waals surface area (Å²) in [6.07, 6.45) is 0. The molecule has 0 aliphatic carbocycles. The molecule has 4 aromatic rings. The monoisotopic (exact) mass is 421 g/mol. The van der Waals surface area contributed by atoms with Gasteiger partial charge in [-0.1, -0.05) is 54.2 Å². The molecule has 4 rings (SSSR count). The minimum Gasteiger partial charge on any atom is -0.238 e. The molecule has 0 saturated heterocycles. The van der Waals surface area contributed by atoms with E-state index in [1.807, 2.05) is 54.6 Å². The van der Waals surface area contributed by atoms with Crippen molar-refractivity contribution in [2.75, 3.05) is 0 Å². The SMILES string of the molecule is [C-]#[N+]c1ccc([S+](c2ccc(C#N)cc2)c2ccccc2Sc2ccccc2)cc1. The summed E-state index contributed by atoms with van der Waals surface area (Å²) in [4.78, 5) is 9.44. The molecular formula is C26H17N2S2+. The van der Waals surface area contributed by atoms with E-state index in [0.29, 0.717) is 11.3 Å². The molecule has 0 amide bonds. The predicted octanol–water partition coefficient (Wildman–Crippen LogP) is 7.36. The standard InChI is InChI=1S/C26H17N2S2/c1-28-21-13-17-24(18-14-21)30(23-15-11-20(19-27)12-16-23)26-10-6-5-9-25(26)29-22-7-3-2-4-8-22/h2-18H/q+1. The molecule has 0 saturated carbocycles. The van der Waals surface area contributed by atoms with Gasteiger partial charge in [0.15, 0.2) is 20.4 Å². The lowest BCUT2D eigenvalue weighted by Gasteiger charge is -2.12. The van der Waals surface area contributed by atoms with Gasteiger partial charge in [0.05, 0.1) is 23.1 Å². The lowest BCUT2D eigenvalue weighted by atomic mass is 10.2. The van der Waals surface area contributed by atoms with Crippen LogP contribution >= 0.6 is 11.8 Å². The summed E-state index contributed by atoms with van der Waals surface area (Å²) in [5, 5.41) is 9.19. The quantitative estimate of drug-likeness (QED) is 0.249. The normalized spacial score (nSPS) is 11.3. The largest absolute Gasteiger partial charge is 0.238 e. The van der Waals surface area contributed by atoms with Crippen molar-refractivity contribution < 1.29 is 0 Å². The van der Waals surface area contributed by atoms with Gasteiger partial charge in [-0.2, -0.15) is 5.26 Å². The fourth-order valence-corrected chi connectivity index (χ4v) is 6.35. The van der Waals surface area contributed by atoms with Crippen molar-refractivity contribution in [3.8, 4) is 6.07 Å². The predicted molar refractivity (Wildman–Crippen MR) is 123 cm³/mol. The van der Waals surface area contributed by atoms with Crippen molar-refractivity contribution in [1.29, 1.82) is 5.26 Å². The minimum absolute atomic E-state index is 0.353. The molecule has 0 fully saturated rings. The van der Waals surface area contributed by atoms with Gasteiger partial charge in [-0.15, -0.1) is 0 Å². The first-order valence-corrected chi connectivity index (χ1v) is 11.4. The highest BCUT2D eigenvalue weighted by Crippen LogP contribution is 2.40. The number of rotatable bonds is 5. The summed E-state index contributed by atoms with van der Waals surface area (Å²) in [5.74, 6) is 0. The number of nitrogens with zero attached hydrogens (tertiary/aromatic N) is 2. The Morgan fingerprint density at radius 3 is 1.97 bits per heavy atom. The van der Waals surface area contributed by atoms with E-state index in [1.54, 1.807) is 11.8 Å². The van der Waals surface area contributed by atoms with Gasteiger partial charge in [0.1, 0.15) is 10.9 Å². The third-order valence-electron chi connectivity index (χ3n) is 4.46. The highest BCUT2D eigenvalue weighted by Gasteiger charge is 2.31. The van der Waals surface area contributed by atoms with E-state index in [0.717, 1.165) is 9.79 Å². The Morgan fingerprint density at radius 1 is 0.733 bits per heavy atom. The Balaban J connectivity index is 1.83. The third kappa shape index (κ3) is 4.42. The molecule has 4 aromatic carbocycles. The van der Waals surface area contributed by atoms with Gasteiger partial charge in [0, 0.05) is 4.90 Å². The molecule has 0 aliphatic rings. The Hall–Kier alpha value is -3.44. The van der Waals surface area contributed by atoms with Crippen molar-refractivity contribution in [1.82, 2.24) is 0 Å². The van der Waals surface area contributed by atoms with Crippen LogP contribution in [0.4, 0.5) is 5.69 Å². The average molecular weight is 422 g/mol. The highest BCUT2D eigenvalue weighted by molar-refractivity contribution is 8.01. The van der Waals surface area contributed by atoms with E-state index < -0.39 is 0 Å². The van der Waals surface area contributed by atoms with Crippen LogP contribution in [-0.2, 0) is 10.9 Å². The van der Waals surface area contributed by atoms with Crippen molar-refractivity contribution in [3.63, 3.8) is 0 Å². The van der Waals surface area contributed by atoms with Crippen LogP contribution in [0.5, 0.6) is 0 Å². The Bertz CT molecular complexity index is 1160. The van der Waals surface area contributed by atoms with Crippen molar-refractivity contribution in [2.24, 2.45) is 0 Å². The van der Waals surface area contributed by atoms with E-state index in [1.165, 1.54) is 14.7 Å². The molecule has 0 aromatic heterocycles. The second-order valence-electron chi connectivity index (χ2n) is 6.41. The van der Waals surface area contributed by atoms with E-state index in [2.05, 4.69) is 59.4 Å². The maximum atomic E-state index is 9.19. The Labute approximate surface area is 184 Å².